The van der Waals surface area contributed by atoms with Gasteiger partial charge in [-0.1, -0.05) is 0 Å². The number of allylic oxidation sites excluding steroid dienone is 4. The van der Waals surface area contributed by atoms with Crippen LogP contribution in [0, 0.1) is 0 Å². The molecule has 2 aromatic rings. The molecule has 42 heavy (non-hydrogen) atoms. The molecular formula is C38H55ClO2Zr. The minimum atomic E-state index is -0.764. The molecule has 0 aromatic heterocycles. The third-order valence-corrected chi connectivity index (χ3v) is 12.2. The van der Waals surface area contributed by atoms with E-state index in [9.17, 15) is 0 Å². The van der Waals surface area contributed by atoms with E-state index in [2.05, 4.69) is 102 Å². The molecule has 2 nitrogen and oxygen atoms in total. The van der Waals surface area contributed by atoms with Gasteiger partial charge in [-0.3, -0.25) is 0 Å². The van der Waals surface area contributed by atoms with E-state index < -0.39 is 23.2 Å². The maximum Gasteiger partial charge on any atom is -0.147 e. The molecule has 2 aliphatic rings. The molecule has 0 heterocycles. The zero-order valence-corrected chi connectivity index (χ0v) is 30.4. The molecule has 4 heteroatoms. The summed E-state index contributed by atoms with van der Waals surface area (Å²) in [5, 5.41) is 0. The molecule has 2 aromatic carbocycles. The Morgan fingerprint density at radius 2 is 0.929 bits per heavy atom. The van der Waals surface area contributed by atoms with E-state index >= 15 is 0 Å². The summed E-state index contributed by atoms with van der Waals surface area (Å²) in [4.78, 5) is 0. The number of unbranched alkanes of at least 4 members (excludes halogenated alkanes) is 6. The molecular weight excluding hydrogens is 615 g/mol. The number of benzene rings is 2. The molecule has 230 valence electrons. The maximum atomic E-state index is 5.90. The number of ether oxygens (including phenoxy) is 2. The van der Waals surface area contributed by atoms with Gasteiger partial charge in [0, 0.05) is 0 Å². The zero-order valence-electron chi connectivity index (χ0n) is 27.1. The summed E-state index contributed by atoms with van der Waals surface area (Å²) in [6.45, 7) is 14.6. The van der Waals surface area contributed by atoms with E-state index in [4.69, 9.17) is 9.47 Å². The van der Waals surface area contributed by atoms with E-state index in [0.717, 1.165) is 13.2 Å². The van der Waals surface area contributed by atoms with Gasteiger partial charge in [0.15, 0.2) is 0 Å². The normalized spacial score (nSPS) is 17.8. The van der Waals surface area contributed by atoms with Gasteiger partial charge in [0.2, 0.25) is 0 Å². The van der Waals surface area contributed by atoms with E-state index in [0.29, 0.717) is 7.25 Å². The Kier molecular flexibility index (Phi) is 14.3. The Labute approximate surface area is 275 Å². The molecule has 2 atom stereocenters. The van der Waals surface area contributed by atoms with Gasteiger partial charge < -0.3 is 0 Å². The van der Waals surface area contributed by atoms with Crippen LogP contribution in [0.2, 0.25) is 0 Å². The van der Waals surface area contributed by atoms with E-state index in [-0.39, 0.29) is 23.6 Å². The van der Waals surface area contributed by atoms with Gasteiger partial charge in [0.1, 0.15) is 0 Å². The average molecular weight is 671 g/mol. The van der Waals surface area contributed by atoms with Gasteiger partial charge in [0.25, 0.3) is 0 Å². The van der Waals surface area contributed by atoms with Crippen LogP contribution in [0.15, 0.2) is 60.7 Å². The summed E-state index contributed by atoms with van der Waals surface area (Å²) in [6, 6.07) is 18.6. The molecule has 0 saturated heterocycles. The van der Waals surface area contributed by atoms with Gasteiger partial charge in [0.05, 0.1) is 0 Å². The van der Waals surface area contributed by atoms with E-state index in [1.165, 1.54) is 64.2 Å². The van der Waals surface area contributed by atoms with Crippen LogP contribution >= 0.6 is 12.4 Å². The van der Waals surface area contributed by atoms with Crippen LogP contribution in [0.4, 0.5) is 0 Å². The molecule has 0 spiro atoms. The Hall–Kier alpha value is -0.987. The summed E-state index contributed by atoms with van der Waals surface area (Å²) in [5.41, 5.74) is 9.51. The van der Waals surface area contributed by atoms with E-state index in [1.54, 1.807) is 33.4 Å². The van der Waals surface area contributed by atoms with Crippen LogP contribution in [0.25, 0.3) is 11.1 Å². The predicted molar refractivity (Wildman–Crippen MR) is 179 cm³/mol. The van der Waals surface area contributed by atoms with Gasteiger partial charge in [-0.05, 0) is 0 Å². The summed E-state index contributed by atoms with van der Waals surface area (Å²) in [7, 11) is 0. The molecule has 0 aliphatic heterocycles. The van der Waals surface area contributed by atoms with Crippen LogP contribution in [0.5, 0.6) is 0 Å². The van der Waals surface area contributed by atoms with Crippen molar-refractivity contribution in [2.75, 3.05) is 13.2 Å². The molecule has 2 unspecified atom stereocenters. The molecule has 0 fully saturated rings. The van der Waals surface area contributed by atoms with Gasteiger partial charge >= 0.3 is 264 Å². The minimum absolute atomic E-state index is 0. The number of hydrogen-bond donors (Lipinski definition) is 0. The third kappa shape index (κ3) is 11.2. The Balaban J connectivity index is 0.00000484. The fourth-order valence-electron chi connectivity index (χ4n) is 6.09. The molecule has 4 rings (SSSR count). The van der Waals surface area contributed by atoms with Crippen molar-refractivity contribution in [2.45, 2.75) is 124 Å². The van der Waals surface area contributed by atoms with Crippen LogP contribution in [-0.4, -0.2) is 24.4 Å². The number of fused-ring (bicyclic) bond motifs is 2. The largest absolute Gasteiger partial charge is 0.147 e. The van der Waals surface area contributed by atoms with Crippen LogP contribution < -0.4 is 0 Å². The fourth-order valence-corrected chi connectivity index (χ4v) is 10.6. The van der Waals surface area contributed by atoms with Crippen LogP contribution in [-0.2, 0) is 32.7 Å². The maximum absolute atomic E-state index is 5.90. The first-order valence-electron chi connectivity index (χ1n) is 16.2. The Morgan fingerprint density at radius 3 is 1.33 bits per heavy atom. The van der Waals surface area contributed by atoms with Crippen molar-refractivity contribution in [3.63, 3.8) is 0 Å². The van der Waals surface area contributed by atoms with Gasteiger partial charge in [-0.15, -0.1) is 12.4 Å². The zero-order chi connectivity index (χ0) is 29.3. The van der Waals surface area contributed by atoms with E-state index in [1.807, 2.05) is 0 Å². The van der Waals surface area contributed by atoms with Crippen molar-refractivity contribution in [2.24, 2.45) is 0 Å². The standard InChI is InChI=1S/2C19H27O.ClH.Zr/c2*1-19(2,3)20-15-9-5-4-6-10-16-13-14-17-11-7-8-12-18(16)17;;/h2*7-8,11-14H,4-6,9-10,15H2,1-3H3;1H;. The monoisotopic (exact) mass is 668 g/mol. The first kappa shape index (κ1) is 35.5. The van der Waals surface area contributed by atoms with Crippen molar-refractivity contribution >= 4 is 23.6 Å². The molecule has 2 aliphatic carbocycles. The SMILES string of the molecule is CC(C)(C)OCCCCCCC1=C[CH]([Zr][CH]2C=C(CCCCCCOC(C)(C)C)c3ccccc32)c2ccccc21.Cl. The number of hydrogen-bond acceptors (Lipinski definition) is 2. The Bertz CT molecular complexity index is 1080. The molecule has 0 saturated carbocycles. The van der Waals surface area contributed by atoms with Gasteiger partial charge in [-0.2, -0.15) is 0 Å². The van der Waals surface area contributed by atoms with Crippen molar-refractivity contribution in [3.05, 3.63) is 82.9 Å². The molecule has 0 bridgehead atoms. The fraction of sp³-hybridized carbons (Fsp3) is 0.579. The topological polar surface area (TPSA) is 18.5 Å². The third-order valence-electron chi connectivity index (χ3n) is 8.13. The van der Waals surface area contributed by atoms with Crippen LogP contribution in [0.1, 0.15) is 135 Å². The molecule has 0 N–H and O–H groups in total. The predicted octanol–water partition coefficient (Wildman–Crippen LogP) is 11.3. The first-order valence-corrected chi connectivity index (χ1v) is 19.1. The molecule has 0 radical (unpaired) electrons. The van der Waals surface area contributed by atoms with Gasteiger partial charge in [-0.25, -0.2) is 0 Å². The summed E-state index contributed by atoms with van der Waals surface area (Å²) < 4.78 is 13.2. The van der Waals surface area contributed by atoms with Crippen molar-refractivity contribution in [1.29, 1.82) is 0 Å². The summed E-state index contributed by atoms with van der Waals surface area (Å²) in [5.74, 6) is 0. The Morgan fingerprint density at radius 1 is 0.548 bits per heavy atom. The molecule has 0 amide bonds. The quantitative estimate of drug-likeness (QED) is 0.166. The second kappa shape index (κ2) is 16.9. The average Bonchev–Trinajstić information content (AvgIpc) is 3.44. The van der Waals surface area contributed by atoms with Crippen molar-refractivity contribution < 1.29 is 32.7 Å². The smallest absolute Gasteiger partial charge is 0.147 e. The number of rotatable bonds is 16. The van der Waals surface area contributed by atoms with Crippen LogP contribution in [0.3, 0.4) is 0 Å². The second-order valence-electron chi connectivity index (χ2n) is 13.9. The minimum Gasteiger partial charge on any atom is -0.147 e. The summed E-state index contributed by atoms with van der Waals surface area (Å²) in [6.07, 6.45) is 17.8. The van der Waals surface area contributed by atoms with Crippen molar-refractivity contribution in [1.82, 2.24) is 0 Å². The first-order chi connectivity index (χ1) is 19.6. The summed E-state index contributed by atoms with van der Waals surface area (Å²) >= 11 is -0.764. The number of halogens is 1. The van der Waals surface area contributed by atoms with Crippen molar-refractivity contribution in [3.8, 4) is 0 Å². The second-order valence-corrected chi connectivity index (χ2v) is 17.8.